The molecule has 7 heteroatoms. The Balaban J connectivity index is 2.23. The van der Waals surface area contributed by atoms with E-state index in [4.69, 9.17) is 9.68 Å². The molecule has 0 bridgehead atoms. The Morgan fingerprint density at radius 3 is 2.61 bits per heavy atom. The van der Waals surface area contributed by atoms with E-state index >= 15 is 0 Å². The van der Waals surface area contributed by atoms with Gasteiger partial charge >= 0.3 is 6.18 Å². The molecule has 0 aliphatic rings. The van der Waals surface area contributed by atoms with Crippen molar-refractivity contribution in [2.45, 2.75) is 12.6 Å². The van der Waals surface area contributed by atoms with Gasteiger partial charge in [-0.3, -0.25) is 0 Å². The molecule has 0 unspecified atom stereocenters. The van der Waals surface area contributed by atoms with E-state index in [9.17, 15) is 13.2 Å². The summed E-state index contributed by atoms with van der Waals surface area (Å²) < 4.78 is 45.5. The van der Waals surface area contributed by atoms with Crippen LogP contribution in [-0.4, -0.2) is 9.78 Å². The molecule has 4 nitrogen and oxygen atoms in total. The summed E-state index contributed by atoms with van der Waals surface area (Å²) in [7, 11) is 0. The maximum atomic E-state index is 13.0. The summed E-state index contributed by atoms with van der Waals surface area (Å²) in [4.78, 5) is 0. The number of para-hydroxylation sites is 1. The fourth-order valence-electron chi connectivity index (χ4n) is 2.26. The van der Waals surface area contributed by atoms with E-state index in [2.05, 4.69) is 5.10 Å². The van der Waals surface area contributed by atoms with Crippen LogP contribution in [0, 0.1) is 11.3 Å². The Hall–Kier alpha value is -3.01. The van der Waals surface area contributed by atoms with Crippen LogP contribution in [0.3, 0.4) is 0 Å². The molecule has 0 amide bonds. The van der Waals surface area contributed by atoms with Crippen molar-refractivity contribution in [3.63, 3.8) is 0 Å². The predicted molar refractivity (Wildman–Crippen MR) is 75.6 cm³/mol. The largest absolute Gasteiger partial charge is 0.463 e. The second-order valence-corrected chi connectivity index (χ2v) is 4.77. The van der Waals surface area contributed by atoms with E-state index in [1.165, 1.54) is 6.26 Å². The molecule has 3 aromatic rings. The van der Waals surface area contributed by atoms with Gasteiger partial charge in [0.15, 0.2) is 11.5 Å². The normalized spacial score (nSPS) is 11.4. The minimum absolute atomic E-state index is 0.0645. The average molecular weight is 317 g/mol. The van der Waals surface area contributed by atoms with Gasteiger partial charge in [-0.15, -0.1) is 0 Å². The molecular formula is C16H10F3N3O. The SMILES string of the molecule is N#CCc1ccccc1-n1nc(C(F)(F)F)cc1-c1ccco1. The lowest BCUT2D eigenvalue weighted by Crippen LogP contribution is -2.08. The number of halogens is 3. The first-order valence-corrected chi connectivity index (χ1v) is 6.67. The van der Waals surface area contributed by atoms with Crippen LogP contribution >= 0.6 is 0 Å². The zero-order chi connectivity index (χ0) is 16.4. The van der Waals surface area contributed by atoms with Crippen LogP contribution in [0.5, 0.6) is 0 Å². The summed E-state index contributed by atoms with van der Waals surface area (Å²) in [5, 5.41) is 12.6. The number of aromatic nitrogens is 2. The van der Waals surface area contributed by atoms with E-state index < -0.39 is 11.9 Å². The Labute approximate surface area is 129 Å². The molecule has 0 aliphatic heterocycles. The van der Waals surface area contributed by atoms with Gasteiger partial charge in [0.05, 0.1) is 24.4 Å². The second-order valence-electron chi connectivity index (χ2n) is 4.77. The molecule has 0 atom stereocenters. The van der Waals surface area contributed by atoms with Gasteiger partial charge in [-0.1, -0.05) is 18.2 Å². The molecule has 0 fully saturated rings. The highest BCUT2D eigenvalue weighted by Gasteiger charge is 2.35. The molecule has 0 saturated heterocycles. The molecule has 0 spiro atoms. The lowest BCUT2D eigenvalue weighted by atomic mass is 10.1. The van der Waals surface area contributed by atoms with Crippen LogP contribution in [0.2, 0.25) is 0 Å². The molecule has 2 aromatic heterocycles. The minimum atomic E-state index is -4.57. The second kappa shape index (κ2) is 5.65. The lowest BCUT2D eigenvalue weighted by Gasteiger charge is -2.09. The van der Waals surface area contributed by atoms with Gasteiger partial charge in [0.25, 0.3) is 0 Å². The summed E-state index contributed by atoms with van der Waals surface area (Å²) in [5.41, 5.74) is 0.152. The maximum absolute atomic E-state index is 13.0. The van der Waals surface area contributed by atoms with Gasteiger partial charge in [-0.05, 0) is 23.8 Å². The first kappa shape index (κ1) is 14.9. The Morgan fingerprint density at radius 2 is 1.96 bits per heavy atom. The van der Waals surface area contributed by atoms with Gasteiger partial charge in [0.2, 0.25) is 0 Å². The molecule has 116 valence electrons. The topological polar surface area (TPSA) is 54.8 Å². The molecule has 3 rings (SSSR count). The van der Waals surface area contributed by atoms with Crippen molar-refractivity contribution in [2.75, 3.05) is 0 Å². The number of hydrogen-bond donors (Lipinski definition) is 0. The van der Waals surface area contributed by atoms with Crippen LogP contribution in [-0.2, 0) is 12.6 Å². The summed E-state index contributed by atoms with van der Waals surface area (Å²) in [6, 6.07) is 12.8. The van der Waals surface area contributed by atoms with Crippen LogP contribution in [0.4, 0.5) is 13.2 Å². The van der Waals surface area contributed by atoms with Crippen LogP contribution in [0.25, 0.3) is 17.1 Å². The predicted octanol–water partition coefficient (Wildman–Crippen LogP) is 4.22. The number of nitrogens with zero attached hydrogens (tertiary/aromatic N) is 3. The average Bonchev–Trinajstić information content (AvgIpc) is 3.16. The van der Waals surface area contributed by atoms with Gasteiger partial charge in [-0.25, -0.2) is 4.68 Å². The maximum Gasteiger partial charge on any atom is 0.435 e. The fraction of sp³-hybridized carbons (Fsp3) is 0.125. The lowest BCUT2D eigenvalue weighted by molar-refractivity contribution is -0.141. The zero-order valence-corrected chi connectivity index (χ0v) is 11.7. The minimum Gasteiger partial charge on any atom is -0.463 e. The highest BCUT2D eigenvalue weighted by atomic mass is 19.4. The summed E-state index contributed by atoms with van der Waals surface area (Å²) in [6.45, 7) is 0. The van der Waals surface area contributed by atoms with Gasteiger partial charge in [-0.2, -0.15) is 23.5 Å². The Morgan fingerprint density at radius 1 is 1.17 bits per heavy atom. The van der Waals surface area contributed by atoms with Crippen molar-refractivity contribution >= 4 is 0 Å². The molecule has 0 saturated carbocycles. The zero-order valence-electron chi connectivity index (χ0n) is 11.7. The van der Waals surface area contributed by atoms with Crippen LogP contribution in [0.1, 0.15) is 11.3 Å². The standard InChI is InChI=1S/C16H10F3N3O/c17-16(18,19)15-10-13(14-6-3-9-23-14)22(21-15)12-5-2-1-4-11(12)7-8-20/h1-6,9-10H,7H2. The highest BCUT2D eigenvalue weighted by molar-refractivity contribution is 5.58. The Bertz CT molecular complexity index is 858. The molecule has 0 radical (unpaired) electrons. The van der Waals surface area contributed by atoms with E-state index in [1.54, 1.807) is 36.4 Å². The van der Waals surface area contributed by atoms with Crippen molar-refractivity contribution in [2.24, 2.45) is 0 Å². The number of hydrogen-bond acceptors (Lipinski definition) is 3. The molecule has 23 heavy (non-hydrogen) atoms. The number of furan rings is 1. The van der Waals surface area contributed by atoms with Crippen molar-refractivity contribution in [3.8, 4) is 23.2 Å². The molecule has 1 aromatic carbocycles. The van der Waals surface area contributed by atoms with Gasteiger partial charge in [0.1, 0.15) is 5.69 Å². The number of alkyl halides is 3. The number of rotatable bonds is 3. The van der Waals surface area contributed by atoms with Gasteiger partial charge in [0, 0.05) is 6.07 Å². The highest BCUT2D eigenvalue weighted by Crippen LogP contribution is 2.33. The first-order valence-electron chi connectivity index (χ1n) is 6.67. The Kier molecular flexibility index (Phi) is 3.66. The van der Waals surface area contributed by atoms with Crippen LogP contribution < -0.4 is 0 Å². The van der Waals surface area contributed by atoms with Crippen molar-refractivity contribution in [1.29, 1.82) is 5.26 Å². The van der Waals surface area contributed by atoms with Crippen molar-refractivity contribution in [1.82, 2.24) is 9.78 Å². The smallest absolute Gasteiger partial charge is 0.435 e. The van der Waals surface area contributed by atoms with E-state index in [1.807, 2.05) is 6.07 Å². The third kappa shape index (κ3) is 2.83. The van der Waals surface area contributed by atoms with Crippen LogP contribution in [0.15, 0.2) is 53.1 Å². The number of benzene rings is 1. The fourth-order valence-corrected chi connectivity index (χ4v) is 2.26. The third-order valence-corrected chi connectivity index (χ3v) is 3.26. The molecule has 0 aliphatic carbocycles. The number of nitriles is 1. The molecule has 0 N–H and O–H groups in total. The summed E-state index contributed by atoms with van der Waals surface area (Å²) in [6.07, 6.45) is -3.13. The molecule has 2 heterocycles. The first-order chi connectivity index (χ1) is 11.0. The summed E-state index contributed by atoms with van der Waals surface area (Å²) >= 11 is 0. The van der Waals surface area contributed by atoms with E-state index in [0.29, 0.717) is 11.3 Å². The van der Waals surface area contributed by atoms with E-state index in [-0.39, 0.29) is 17.9 Å². The monoisotopic (exact) mass is 317 g/mol. The molecular weight excluding hydrogens is 307 g/mol. The van der Waals surface area contributed by atoms with Crippen molar-refractivity contribution < 1.29 is 17.6 Å². The van der Waals surface area contributed by atoms with E-state index in [0.717, 1.165) is 10.7 Å². The van der Waals surface area contributed by atoms with Crippen molar-refractivity contribution in [3.05, 3.63) is 60.0 Å². The quantitative estimate of drug-likeness (QED) is 0.727. The third-order valence-electron chi connectivity index (χ3n) is 3.26. The summed E-state index contributed by atoms with van der Waals surface area (Å²) in [5.74, 6) is 0.264. The van der Waals surface area contributed by atoms with Gasteiger partial charge < -0.3 is 4.42 Å².